The molecule has 0 amide bonds. The van der Waals surface area contributed by atoms with Crippen molar-refractivity contribution in [3.63, 3.8) is 0 Å². The lowest BCUT2D eigenvalue weighted by molar-refractivity contribution is 0.0499. The first-order chi connectivity index (χ1) is 13.1. The molecule has 3 rings (SSSR count). The smallest absolute Gasteiger partial charge is 0.119 e. The number of piperazine rings is 1. The number of aryl methyl sites for hydroxylation is 1. The third-order valence-corrected chi connectivity index (χ3v) is 5.50. The summed E-state index contributed by atoms with van der Waals surface area (Å²) in [5, 5.41) is 13.9. The summed E-state index contributed by atoms with van der Waals surface area (Å²) < 4.78 is 7.47. The summed E-state index contributed by atoms with van der Waals surface area (Å²) in [5.41, 5.74) is 3.81. The monoisotopic (exact) mass is 372 g/mol. The minimum Gasteiger partial charge on any atom is -0.494 e. The van der Waals surface area contributed by atoms with E-state index in [1.807, 2.05) is 37.0 Å². The van der Waals surface area contributed by atoms with Gasteiger partial charge in [-0.1, -0.05) is 12.1 Å². The summed E-state index contributed by atoms with van der Waals surface area (Å²) >= 11 is 0. The quantitative estimate of drug-likeness (QED) is 0.770. The topological polar surface area (TPSA) is 53.8 Å². The number of hydrogen-bond acceptors (Lipinski definition) is 5. The van der Waals surface area contributed by atoms with Crippen molar-refractivity contribution in [1.29, 1.82) is 0 Å². The van der Waals surface area contributed by atoms with Crippen LogP contribution in [0.5, 0.6) is 5.75 Å². The second kappa shape index (κ2) is 9.35. The van der Waals surface area contributed by atoms with Crippen molar-refractivity contribution in [2.24, 2.45) is 7.05 Å². The van der Waals surface area contributed by atoms with Crippen LogP contribution in [0.4, 0.5) is 0 Å². The van der Waals surface area contributed by atoms with E-state index < -0.39 is 0 Å². The fourth-order valence-corrected chi connectivity index (χ4v) is 3.76. The van der Waals surface area contributed by atoms with Gasteiger partial charge in [0.15, 0.2) is 0 Å². The van der Waals surface area contributed by atoms with E-state index in [-0.39, 0.29) is 6.61 Å². The molecule has 1 fully saturated rings. The highest BCUT2D eigenvalue weighted by Crippen LogP contribution is 2.20. The van der Waals surface area contributed by atoms with Gasteiger partial charge in [-0.05, 0) is 38.0 Å². The van der Waals surface area contributed by atoms with Gasteiger partial charge in [0.05, 0.1) is 12.8 Å². The first kappa shape index (κ1) is 19.9. The average molecular weight is 373 g/mol. The Morgan fingerprint density at radius 1 is 1.19 bits per heavy atom. The maximum Gasteiger partial charge on any atom is 0.119 e. The molecule has 148 valence electrons. The van der Waals surface area contributed by atoms with Crippen LogP contribution in [0.3, 0.4) is 0 Å². The van der Waals surface area contributed by atoms with E-state index in [1.165, 1.54) is 16.8 Å². The zero-order valence-corrected chi connectivity index (χ0v) is 16.8. The van der Waals surface area contributed by atoms with E-state index in [0.29, 0.717) is 12.6 Å². The van der Waals surface area contributed by atoms with Crippen molar-refractivity contribution >= 4 is 0 Å². The Bertz CT molecular complexity index is 713. The summed E-state index contributed by atoms with van der Waals surface area (Å²) in [5.74, 6) is 0.921. The number of aliphatic hydroxyl groups is 1. The van der Waals surface area contributed by atoms with Gasteiger partial charge in [-0.15, -0.1) is 0 Å². The van der Waals surface area contributed by atoms with Crippen LogP contribution in [-0.4, -0.2) is 63.6 Å². The van der Waals surface area contributed by atoms with Crippen molar-refractivity contribution in [2.45, 2.75) is 39.4 Å². The molecule has 0 radical (unpaired) electrons. The lowest BCUT2D eigenvalue weighted by Gasteiger charge is -2.41. The fraction of sp³-hybridized carbons (Fsp3) is 0.571. The largest absolute Gasteiger partial charge is 0.494 e. The Labute approximate surface area is 162 Å². The van der Waals surface area contributed by atoms with E-state index >= 15 is 0 Å². The van der Waals surface area contributed by atoms with E-state index in [4.69, 9.17) is 4.74 Å². The Balaban J connectivity index is 1.61. The molecule has 1 atom stereocenters. The third-order valence-electron chi connectivity index (χ3n) is 5.50. The molecule has 2 aromatic rings. The SMILES string of the molecule is CCOc1ccc(CN2CCN(Cc3cnn(C)c3C)C[C@H]2CCO)cc1. The summed E-state index contributed by atoms with van der Waals surface area (Å²) in [7, 11) is 1.99. The molecular formula is C21H32N4O2. The molecule has 1 aromatic carbocycles. The van der Waals surface area contributed by atoms with Crippen LogP contribution >= 0.6 is 0 Å². The van der Waals surface area contributed by atoms with Crippen molar-refractivity contribution in [1.82, 2.24) is 19.6 Å². The van der Waals surface area contributed by atoms with Gasteiger partial charge in [-0.25, -0.2) is 0 Å². The van der Waals surface area contributed by atoms with E-state index in [1.54, 1.807) is 0 Å². The van der Waals surface area contributed by atoms with Gasteiger partial charge in [0.1, 0.15) is 5.75 Å². The first-order valence-electron chi connectivity index (χ1n) is 9.87. The standard InChI is InChI=1S/C21H32N4O2/c1-4-27-21-7-5-18(6-8-21)14-25-11-10-24(16-20(25)9-12-26)15-19-13-22-23(3)17(19)2/h5-8,13,20,26H,4,9-12,14-16H2,1-3H3/t20-/m1/s1. The minimum absolute atomic E-state index is 0.226. The lowest BCUT2D eigenvalue weighted by Crippen LogP contribution is -2.52. The van der Waals surface area contributed by atoms with E-state index in [0.717, 1.165) is 44.9 Å². The van der Waals surface area contributed by atoms with Gasteiger partial charge >= 0.3 is 0 Å². The van der Waals surface area contributed by atoms with Crippen molar-refractivity contribution in [2.75, 3.05) is 32.8 Å². The summed E-state index contributed by atoms with van der Waals surface area (Å²) in [6.07, 6.45) is 2.78. The van der Waals surface area contributed by atoms with Gasteiger partial charge in [-0.2, -0.15) is 5.10 Å². The second-order valence-electron chi connectivity index (χ2n) is 7.33. The number of aliphatic hydroxyl groups excluding tert-OH is 1. The second-order valence-corrected chi connectivity index (χ2v) is 7.33. The van der Waals surface area contributed by atoms with Crippen molar-refractivity contribution in [3.8, 4) is 5.75 Å². The predicted molar refractivity (Wildman–Crippen MR) is 107 cm³/mol. The highest BCUT2D eigenvalue weighted by atomic mass is 16.5. The highest BCUT2D eigenvalue weighted by molar-refractivity contribution is 5.27. The fourth-order valence-electron chi connectivity index (χ4n) is 3.76. The molecular weight excluding hydrogens is 340 g/mol. The normalized spacial score (nSPS) is 18.7. The summed E-state index contributed by atoms with van der Waals surface area (Å²) in [4.78, 5) is 4.98. The van der Waals surface area contributed by atoms with Gasteiger partial charge in [0.25, 0.3) is 0 Å². The van der Waals surface area contributed by atoms with Crippen molar-refractivity contribution < 1.29 is 9.84 Å². The van der Waals surface area contributed by atoms with Crippen LogP contribution in [0.25, 0.3) is 0 Å². The molecule has 6 nitrogen and oxygen atoms in total. The molecule has 1 aliphatic heterocycles. The van der Waals surface area contributed by atoms with Gasteiger partial charge < -0.3 is 9.84 Å². The Morgan fingerprint density at radius 3 is 2.59 bits per heavy atom. The minimum atomic E-state index is 0.226. The molecule has 2 heterocycles. The average Bonchev–Trinajstić information content (AvgIpc) is 2.98. The Morgan fingerprint density at radius 2 is 1.96 bits per heavy atom. The van der Waals surface area contributed by atoms with Crippen LogP contribution in [-0.2, 0) is 20.1 Å². The zero-order chi connectivity index (χ0) is 19.2. The molecule has 0 unspecified atom stereocenters. The van der Waals surface area contributed by atoms with E-state index in [9.17, 15) is 5.11 Å². The number of aromatic nitrogens is 2. The van der Waals surface area contributed by atoms with Gasteiger partial charge in [-0.3, -0.25) is 14.5 Å². The number of nitrogens with zero attached hydrogens (tertiary/aromatic N) is 4. The van der Waals surface area contributed by atoms with Crippen LogP contribution < -0.4 is 4.74 Å². The van der Waals surface area contributed by atoms with Crippen LogP contribution in [0, 0.1) is 6.92 Å². The summed E-state index contributed by atoms with van der Waals surface area (Å²) in [6.45, 7) is 9.90. The van der Waals surface area contributed by atoms with Crippen LogP contribution in [0.2, 0.25) is 0 Å². The van der Waals surface area contributed by atoms with Crippen molar-refractivity contribution in [3.05, 3.63) is 47.3 Å². The zero-order valence-electron chi connectivity index (χ0n) is 16.8. The third kappa shape index (κ3) is 5.09. The van der Waals surface area contributed by atoms with Gasteiger partial charge in [0.2, 0.25) is 0 Å². The Hall–Kier alpha value is -1.89. The number of ether oxygens (including phenoxy) is 1. The molecule has 1 saturated heterocycles. The molecule has 0 spiro atoms. The number of benzene rings is 1. The van der Waals surface area contributed by atoms with Crippen LogP contribution in [0.1, 0.15) is 30.2 Å². The Kier molecular flexibility index (Phi) is 6.88. The molecule has 27 heavy (non-hydrogen) atoms. The number of hydrogen-bond donors (Lipinski definition) is 1. The summed E-state index contributed by atoms with van der Waals surface area (Å²) in [6, 6.07) is 8.74. The van der Waals surface area contributed by atoms with Crippen LogP contribution in [0.15, 0.2) is 30.5 Å². The molecule has 0 saturated carbocycles. The molecule has 1 N–H and O–H groups in total. The first-order valence-corrected chi connectivity index (χ1v) is 9.87. The molecule has 1 aromatic heterocycles. The number of rotatable bonds is 8. The highest BCUT2D eigenvalue weighted by Gasteiger charge is 2.27. The molecule has 6 heteroatoms. The lowest BCUT2D eigenvalue weighted by atomic mass is 10.1. The molecule has 0 aliphatic carbocycles. The van der Waals surface area contributed by atoms with E-state index in [2.05, 4.69) is 34.0 Å². The molecule has 0 bridgehead atoms. The van der Waals surface area contributed by atoms with Gasteiger partial charge in [0, 0.05) is 63.7 Å². The molecule has 1 aliphatic rings. The predicted octanol–water partition coefficient (Wildman–Crippen LogP) is 2.20. The maximum absolute atomic E-state index is 9.55. The maximum atomic E-state index is 9.55.